The molecule has 0 unspecified atom stereocenters. The zero-order valence-corrected chi connectivity index (χ0v) is 11.4. The number of nitrogens with one attached hydrogen (secondary N) is 1. The smallest absolute Gasteiger partial charge is 0.0918 e. The van der Waals surface area contributed by atoms with Crippen LogP contribution in [0.25, 0.3) is 0 Å². The molecule has 1 fully saturated rings. The zero-order chi connectivity index (χ0) is 12.3. The molecule has 1 aromatic rings. The third-order valence-electron chi connectivity index (χ3n) is 3.03. The third-order valence-corrected chi connectivity index (χ3v) is 3.56. The van der Waals surface area contributed by atoms with E-state index in [2.05, 4.69) is 45.1 Å². The van der Waals surface area contributed by atoms with Crippen molar-refractivity contribution in [1.82, 2.24) is 4.90 Å². The van der Waals surface area contributed by atoms with Gasteiger partial charge in [0.25, 0.3) is 0 Å². The molecular weight excluding hydrogens is 278 g/mol. The van der Waals surface area contributed by atoms with Crippen LogP contribution in [0.5, 0.6) is 0 Å². The molecule has 0 radical (unpaired) electrons. The van der Waals surface area contributed by atoms with Crippen LogP contribution in [0, 0.1) is 5.41 Å². The Labute approximate surface area is 111 Å². The predicted molar refractivity (Wildman–Crippen MR) is 74.1 cm³/mol. The van der Waals surface area contributed by atoms with Gasteiger partial charge in [-0.3, -0.25) is 10.3 Å². The molecule has 4 heteroatoms. The second-order valence-corrected chi connectivity index (χ2v) is 5.52. The van der Waals surface area contributed by atoms with Crippen molar-refractivity contribution in [2.45, 2.75) is 31.8 Å². The second-order valence-electron chi connectivity index (χ2n) is 4.60. The molecule has 1 saturated carbocycles. The van der Waals surface area contributed by atoms with Crippen LogP contribution in [0.3, 0.4) is 0 Å². The van der Waals surface area contributed by atoms with Gasteiger partial charge in [-0.15, -0.1) is 0 Å². The fourth-order valence-electron chi connectivity index (χ4n) is 1.92. The molecule has 17 heavy (non-hydrogen) atoms. The lowest BCUT2D eigenvalue weighted by molar-refractivity contribution is 0.262. The van der Waals surface area contributed by atoms with E-state index in [1.165, 1.54) is 18.4 Å². The molecule has 0 aliphatic heterocycles. The minimum absolute atomic E-state index is 0.284. The Balaban J connectivity index is 1.92. The van der Waals surface area contributed by atoms with E-state index in [4.69, 9.17) is 11.1 Å². The zero-order valence-electron chi connectivity index (χ0n) is 9.82. The Morgan fingerprint density at radius 3 is 2.53 bits per heavy atom. The summed E-state index contributed by atoms with van der Waals surface area (Å²) in [5, 5.41) is 7.30. The van der Waals surface area contributed by atoms with Crippen molar-refractivity contribution in [3.8, 4) is 0 Å². The fourth-order valence-corrected chi connectivity index (χ4v) is 2.18. The highest BCUT2D eigenvalue weighted by Gasteiger charge is 2.28. The topological polar surface area (TPSA) is 53.1 Å². The van der Waals surface area contributed by atoms with Gasteiger partial charge >= 0.3 is 0 Å². The van der Waals surface area contributed by atoms with Crippen molar-refractivity contribution in [3.05, 3.63) is 34.3 Å². The molecule has 0 heterocycles. The molecule has 3 N–H and O–H groups in total. The summed E-state index contributed by atoms with van der Waals surface area (Å²) in [5.74, 6) is 0.284. The first kappa shape index (κ1) is 12.6. The Kier molecular flexibility index (Phi) is 4.18. The Bertz CT molecular complexity index is 384. The number of nitrogens with two attached hydrogens (primary N) is 1. The third kappa shape index (κ3) is 4.13. The Morgan fingerprint density at radius 2 is 2.00 bits per heavy atom. The first-order chi connectivity index (χ1) is 8.15. The number of rotatable bonds is 6. The number of hydrogen-bond donors (Lipinski definition) is 2. The van der Waals surface area contributed by atoms with Crippen LogP contribution in [0.1, 0.15) is 24.8 Å². The number of nitrogens with zero attached hydrogens (tertiary/aromatic N) is 1. The molecular formula is C13H18BrN3. The maximum Gasteiger partial charge on any atom is 0.0918 e. The first-order valence-electron chi connectivity index (χ1n) is 5.96. The number of amidine groups is 1. The summed E-state index contributed by atoms with van der Waals surface area (Å²) in [7, 11) is 0. The highest BCUT2D eigenvalue weighted by atomic mass is 79.9. The van der Waals surface area contributed by atoms with Gasteiger partial charge in [0.2, 0.25) is 0 Å². The standard InChI is InChI=1S/C13H18BrN3/c14-11-3-1-10(2-4-11)9-17(12-5-6-12)8-7-13(15)16/h1-4,12H,5-9H2,(H3,15,16). The van der Waals surface area contributed by atoms with Crippen molar-refractivity contribution < 1.29 is 0 Å². The van der Waals surface area contributed by atoms with Gasteiger partial charge < -0.3 is 5.73 Å². The van der Waals surface area contributed by atoms with Crippen molar-refractivity contribution >= 4 is 21.8 Å². The first-order valence-corrected chi connectivity index (χ1v) is 6.76. The minimum atomic E-state index is 0.284. The van der Waals surface area contributed by atoms with Gasteiger partial charge in [0, 0.05) is 30.0 Å². The van der Waals surface area contributed by atoms with E-state index in [9.17, 15) is 0 Å². The fraction of sp³-hybridized carbons (Fsp3) is 0.462. The molecule has 0 bridgehead atoms. The average Bonchev–Trinajstić information content (AvgIpc) is 3.10. The monoisotopic (exact) mass is 295 g/mol. The van der Waals surface area contributed by atoms with Crippen molar-refractivity contribution in [2.75, 3.05) is 6.54 Å². The van der Waals surface area contributed by atoms with E-state index in [0.29, 0.717) is 12.5 Å². The van der Waals surface area contributed by atoms with Gasteiger partial charge in [0.05, 0.1) is 5.84 Å². The summed E-state index contributed by atoms with van der Waals surface area (Å²) in [6, 6.07) is 9.15. The summed E-state index contributed by atoms with van der Waals surface area (Å²) >= 11 is 3.44. The van der Waals surface area contributed by atoms with Crippen LogP contribution in [-0.4, -0.2) is 23.3 Å². The quantitative estimate of drug-likeness (QED) is 0.626. The van der Waals surface area contributed by atoms with Gasteiger partial charge in [0.15, 0.2) is 0 Å². The van der Waals surface area contributed by atoms with Crippen LogP contribution in [-0.2, 0) is 6.54 Å². The number of halogens is 1. The van der Waals surface area contributed by atoms with Crippen LogP contribution in [0.2, 0.25) is 0 Å². The molecule has 2 rings (SSSR count). The van der Waals surface area contributed by atoms with E-state index in [0.717, 1.165) is 17.6 Å². The van der Waals surface area contributed by atoms with Crippen molar-refractivity contribution in [1.29, 1.82) is 5.41 Å². The summed E-state index contributed by atoms with van der Waals surface area (Å²) in [4.78, 5) is 2.44. The summed E-state index contributed by atoms with van der Waals surface area (Å²) in [6.07, 6.45) is 3.25. The normalized spacial score (nSPS) is 15.2. The SMILES string of the molecule is N=C(N)CCN(Cc1ccc(Br)cc1)C1CC1. The van der Waals surface area contributed by atoms with Gasteiger partial charge in [-0.2, -0.15) is 0 Å². The van der Waals surface area contributed by atoms with Gasteiger partial charge in [-0.05, 0) is 30.5 Å². The predicted octanol–water partition coefficient (Wildman–Crippen LogP) is 2.74. The lowest BCUT2D eigenvalue weighted by Crippen LogP contribution is -2.29. The molecule has 0 spiro atoms. The summed E-state index contributed by atoms with van der Waals surface area (Å²) < 4.78 is 1.11. The van der Waals surface area contributed by atoms with E-state index in [1.807, 2.05) is 0 Å². The maximum absolute atomic E-state index is 7.30. The van der Waals surface area contributed by atoms with Crippen LogP contribution < -0.4 is 5.73 Å². The number of benzene rings is 1. The summed E-state index contributed by atoms with van der Waals surface area (Å²) in [6.45, 7) is 1.86. The second kappa shape index (κ2) is 5.65. The van der Waals surface area contributed by atoms with Crippen LogP contribution in [0.4, 0.5) is 0 Å². The molecule has 92 valence electrons. The molecule has 0 atom stereocenters. The summed E-state index contributed by atoms with van der Waals surface area (Å²) in [5.41, 5.74) is 6.75. The molecule has 3 nitrogen and oxygen atoms in total. The Morgan fingerprint density at radius 1 is 1.35 bits per heavy atom. The highest BCUT2D eigenvalue weighted by Crippen LogP contribution is 2.28. The lowest BCUT2D eigenvalue weighted by atomic mass is 10.2. The molecule has 1 aliphatic carbocycles. The molecule has 1 aliphatic rings. The largest absolute Gasteiger partial charge is 0.388 e. The van der Waals surface area contributed by atoms with E-state index >= 15 is 0 Å². The molecule has 1 aromatic carbocycles. The maximum atomic E-state index is 7.30. The van der Waals surface area contributed by atoms with Crippen LogP contribution >= 0.6 is 15.9 Å². The highest BCUT2D eigenvalue weighted by molar-refractivity contribution is 9.10. The molecule has 0 aromatic heterocycles. The molecule has 0 saturated heterocycles. The van der Waals surface area contributed by atoms with Crippen LogP contribution in [0.15, 0.2) is 28.7 Å². The van der Waals surface area contributed by atoms with E-state index < -0.39 is 0 Å². The van der Waals surface area contributed by atoms with Crippen molar-refractivity contribution in [3.63, 3.8) is 0 Å². The van der Waals surface area contributed by atoms with E-state index in [-0.39, 0.29) is 5.84 Å². The van der Waals surface area contributed by atoms with E-state index in [1.54, 1.807) is 0 Å². The minimum Gasteiger partial charge on any atom is -0.388 e. The molecule has 0 amide bonds. The average molecular weight is 296 g/mol. The van der Waals surface area contributed by atoms with Crippen molar-refractivity contribution in [2.24, 2.45) is 5.73 Å². The van der Waals surface area contributed by atoms with Gasteiger partial charge in [-0.1, -0.05) is 28.1 Å². The Hall–Kier alpha value is -0.870. The van der Waals surface area contributed by atoms with Gasteiger partial charge in [0.1, 0.15) is 0 Å². The van der Waals surface area contributed by atoms with Gasteiger partial charge in [-0.25, -0.2) is 0 Å². The number of hydrogen-bond acceptors (Lipinski definition) is 2. The lowest BCUT2D eigenvalue weighted by Gasteiger charge is -2.21.